The van der Waals surface area contributed by atoms with Crippen LogP contribution in [0.1, 0.15) is 12.5 Å². The van der Waals surface area contributed by atoms with Gasteiger partial charge in [-0.15, -0.1) is 11.6 Å². The summed E-state index contributed by atoms with van der Waals surface area (Å²) in [5, 5.41) is 2.67. The summed E-state index contributed by atoms with van der Waals surface area (Å²) < 4.78 is 5.12. The van der Waals surface area contributed by atoms with Gasteiger partial charge in [-0.25, -0.2) is 0 Å². The van der Waals surface area contributed by atoms with Gasteiger partial charge in [0, 0.05) is 11.1 Å². The molecule has 0 aromatic heterocycles. The largest absolute Gasteiger partial charge is 0.495 e. The minimum Gasteiger partial charge on any atom is -0.495 e. The summed E-state index contributed by atoms with van der Waals surface area (Å²) in [5.74, 6) is 0.239. The lowest BCUT2D eigenvalue weighted by Crippen LogP contribution is -2.20. The number of hydrogen-bond donors (Lipinski definition) is 1. The van der Waals surface area contributed by atoms with Crippen LogP contribution in [-0.2, 0) is 4.79 Å². The first kappa shape index (κ1) is 13.1. The van der Waals surface area contributed by atoms with Gasteiger partial charge in [0.05, 0.1) is 12.8 Å². The fourth-order valence-corrected chi connectivity index (χ4v) is 1.37. The smallest absolute Gasteiger partial charge is 0.242 e. The van der Waals surface area contributed by atoms with Crippen molar-refractivity contribution in [1.82, 2.24) is 0 Å². The second-order valence-electron chi connectivity index (χ2n) is 3.41. The summed E-state index contributed by atoms with van der Waals surface area (Å²) >= 11 is 11.6. The predicted molar refractivity (Wildman–Crippen MR) is 66.7 cm³/mol. The SMILES string of the molecule is COc1cc(Cl)c(C)cc1NC(=O)[C@H](C)Cl. The van der Waals surface area contributed by atoms with Gasteiger partial charge in [0.2, 0.25) is 5.91 Å². The van der Waals surface area contributed by atoms with Crippen molar-refractivity contribution in [2.75, 3.05) is 12.4 Å². The Labute approximate surface area is 105 Å². The van der Waals surface area contributed by atoms with Crippen LogP contribution in [0.25, 0.3) is 0 Å². The van der Waals surface area contributed by atoms with E-state index in [1.807, 2.05) is 6.92 Å². The van der Waals surface area contributed by atoms with E-state index in [-0.39, 0.29) is 5.91 Å². The molecule has 1 rings (SSSR count). The molecule has 0 heterocycles. The molecule has 0 aliphatic carbocycles. The summed E-state index contributed by atoms with van der Waals surface area (Å²) in [6.07, 6.45) is 0. The third-order valence-electron chi connectivity index (χ3n) is 2.10. The number of methoxy groups -OCH3 is 1. The molecule has 3 nitrogen and oxygen atoms in total. The van der Waals surface area contributed by atoms with E-state index in [0.717, 1.165) is 5.56 Å². The van der Waals surface area contributed by atoms with Gasteiger partial charge in [-0.1, -0.05) is 11.6 Å². The second-order valence-corrected chi connectivity index (χ2v) is 4.47. The van der Waals surface area contributed by atoms with Crippen molar-refractivity contribution in [2.24, 2.45) is 0 Å². The van der Waals surface area contributed by atoms with E-state index >= 15 is 0 Å². The molecular formula is C11H13Cl2NO2. The molecule has 0 radical (unpaired) electrons. The maximum absolute atomic E-state index is 11.4. The molecule has 5 heteroatoms. The van der Waals surface area contributed by atoms with Crippen molar-refractivity contribution >= 4 is 34.8 Å². The number of benzene rings is 1. The van der Waals surface area contributed by atoms with Crippen LogP contribution in [0.4, 0.5) is 5.69 Å². The molecule has 0 unspecified atom stereocenters. The third kappa shape index (κ3) is 3.03. The van der Waals surface area contributed by atoms with Gasteiger partial charge in [0.25, 0.3) is 0 Å². The first-order valence-electron chi connectivity index (χ1n) is 4.74. The molecule has 0 fully saturated rings. The molecule has 1 atom stereocenters. The monoisotopic (exact) mass is 261 g/mol. The maximum Gasteiger partial charge on any atom is 0.242 e. The van der Waals surface area contributed by atoms with E-state index in [0.29, 0.717) is 16.5 Å². The highest BCUT2D eigenvalue weighted by molar-refractivity contribution is 6.33. The highest BCUT2D eigenvalue weighted by Gasteiger charge is 2.13. The quantitative estimate of drug-likeness (QED) is 0.849. The normalized spacial score (nSPS) is 12.1. The molecule has 0 bridgehead atoms. The Morgan fingerprint density at radius 3 is 2.62 bits per heavy atom. The number of hydrogen-bond acceptors (Lipinski definition) is 2. The lowest BCUT2D eigenvalue weighted by Gasteiger charge is -2.12. The molecule has 16 heavy (non-hydrogen) atoms. The van der Waals surface area contributed by atoms with E-state index in [2.05, 4.69) is 5.32 Å². The van der Waals surface area contributed by atoms with Crippen LogP contribution < -0.4 is 10.1 Å². The molecule has 1 aromatic rings. The Kier molecular flexibility index (Phi) is 4.44. The average Bonchev–Trinajstić information content (AvgIpc) is 2.22. The Morgan fingerprint density at radius 1 is 1.50 bits per heavy atom. The lowest BCUT2D eigenvalue weighted by atomic mass is 10.2. The molecular weight excluding hydrogens is 249 g/mol. The molecule has 1 N–H and O–H groups in total. The van der Waals surface area contributed by atoms with Gasteiger partial charge in [-0.3, -0.25) is 4.79 Å². The zero-order valence-electron chi connectivity index (χ0n) is 9.30. The van der Waals surface area contributed by atoms with Crippen molar-refractivity contribution in [2.45, 2.75) is 19.2 Å². The van der Waals surface area contributed by atoms with Gasteiger partial charge in [0.1, 0.15) is 11.1 Å². The van der Waals surface area contributed by atoms with Gasteiger partial charge in [-0.05, 0) is 25.5 Å². The van der Waals surface area contributed by atoms with Gasteiger partial charge >= 0.3 is 0 Å². The van der Waals surface area contributed by atoms with E-state index in [1.165, 1.54) is 7.11 Å². The summed E-state index contributed by atoms with van der Waals surface area (Å²) in [7, 11) is 1.51. The Morgan fingerprint density at radius 2 is 2.12 bits per heavy atom. The zero-order valence-corrected chi connectivity index (χ0v) is 10.8. The molecule has 0 spiro atoms. The van der Waals surface area contributed by atoms with Crippen molar-refractivity contribution < 1.29 is 9.53 Å². The van der Waals surface area contributed by atoms with Gasteiger partial charge < -0.3 is 10.1 Å². The lowest BCUT2D eigenvalue weighted by molar-refractivity contribution is -0.115. The fourth-order valence-electron chi connectivity index (χ4n) is 1.16. The highest BCUT2D eigenvalue weighted by atomic mass is 35.5. The van der Waals surface area contributed by atoms with Crippen molar-refractivity contribution in [1.29, 1.82) is 0 Å². The maximum atomic E-state index is 11.4. The summed E-state index contributed by atoms with van der Waals surface area (Å²) in [6.45, 7) is 3.45. The number of alkyl halides is 1. The van der Waals surface area contributed by atoms with E-state index in [4.69, 9.17) is 27.9 Å². The minimum atomic E-state index is -0.597. The number of nitrogens with one attached hydrogen (secondary N) is 1. The highest BCUT2D eigenvalue weighted by Crippen LogP contribution is 2.31. The van der Waals surface area contributed by atoms with Crippen LogP contribution >= 0.6 is 23.2 Å². The Balaban J connectivity index is 3.03. The number of rotatable bonds is 3. The Hall–Kier alpha value is -0.930. The van der Waals surface area contributed by atoms with E-state index in [9.17, 15) is 4.79 Å². The second kappa shape index (κ2) is 5.41. The van der Waals surface area contributed by atoms with Crippen molar-refractivity contribution in [3.05, 3.63) is 22.7 Å². The van der Waals surface area contributed by atoms with Crippen LogP contribution in [0.15, 0.2) is 12.1 Å². The topological polar surface area (TPSA) is 38.3 Å². The Bertz CT molecular complexity index is 405. The molecule has 0 aliphatic rings. The van der Waals surface area contributed by atoms with Crippen molar-refractivity contribution in [3.63, 3.8) is 0 Å². The standard InChI is InChI=1S/C11H13Cl2NO2/c1-6-4-9(14-11(15)7(2)12)10(16-3)5-8(6)13/h4-5,7H,1-3H3,(H,14,15)/t7-/m0/s1. The van der Waals surface area contributed by atoms with Crippen LogP contribution in [0, 0.1) is 6.92 Å². The molecule has 88 valence electrons. The minimum absolute atomic E-state index is 0.276. The molecule has 0 saturated carbocycles. The van der Waals surface area contributed by atoms with E-state index < -0.39 is 5.38 Å². The predicted octanol–water partition coefficient (Wildman–Crippen LogP) is 3.22. The third-order valence-corrected chi connectivity index (χ3v) is 2.71. The molecule has 0 aliphatic heterocycles. The number of anilines is 1. The number of ether oxygens (including phenoxy) is 1. The van der Waals surface area contributed by atoms with Crippen LogP contribution in [0.5, 0.6) is 5.75 Å². The number of aryl methyl sites for hydroxylation is 1. The molecule has 1 amide bonds. The first-order valence-corrected chi connectivity index (χ1v) is 5.56. The summed E-state index contributed by atoms with van der Waals surface area (Å²) in [5.41, 5.74) is 1.43. The number of carbonyl (C=O) groups is 1. The first-order chi connectivity index (χ1) is 7.45. The van der Waals surface area contributed by atoms with Crippen molar-refractivity contribution in [3.8, 4) is 5.75 Å². The number of halogens is 2. The van der Waals surface area contributed by atoms with E-state index in [1.54, 1.807) is 19.1 Å². The van der Waals surface area contributed by atoms with Crippen LogP contribution in [0.2, 0.25) is 5.02 Å². The average molecular weight is 262 g/mol. The molecule has 0 saturated heterocycles. The fraction of sp³-hybridized carbons (Fsp3) is 0.364. The van der Waals surface area contributed by atoms with Crippen LogP contribution in [-0.4, -0.2) is 18.4 Å². The zero-order chi connectivity index (χ0) is 12.3. The van der Waals surface area contributed by atoms with Gasteiger partial charge in [-0.2, -0.15) is 0 Å². The summed E-state index contributed by atoms with van der Waals surface area (Å²) in [6, 6.07) is 3.41. The summed E-state index contributed by atoms with van der Waals surface area (Å²) in [4.78, 5) is 11.4. The number of amides is 1. The van der Waals surface area contributed by atoms with Crippen LogP contribution in [0.3, 0.4) is 0 Å². The number of carbonyl (C=O) groups excluding carboxylic acids is 1. The molecule has 1 aromatic carbocycles. The van der Waals surface area contributed by atoms with Gasteiger partial charge in [0.15, 0.2) is 0 Å².